The summed E-state index contributed by atoms with van der Waals surface area (Å²) in [7, 11) is 0. The number of piperidine rings is 1. The van der Waals surface area contributed by atoms with Gasteiger partial charge in [0, 0.05) is 26.2 Å². The van der Waals surface area contributed by atoms with Gasteiger partial charge < -0.3 is 9.64 Å². The molecule has 1 saturated carbocycles. The molecule has 3 nitrogen and oxygen atoms in total. The van der Waals surface area contributed by atoms with E-state index in [1.165, 1.54) is 44.9 Å². The lowest BCUT2D eigenvalue weighted by Crippen LogP contribution is -2.53. The van der Waals surface area contributed by atoms with Crippen LogP contribution < -0.4 is 0 Å². The van der Waals surface area contributed by atoms with E-state index in [1.54, 1.807) is 13.8 Å². The Bertz CT molecular complexity index is 310. The summed E-state index contributed by atoms with van der Waals surface area (Å²) in [4.78, 5) is 2.36. The monoisotopic (exact) mass is 310 g/mol. The first-order valence-electron chi connectivity index (χ1n) is 9.52. The minimum atomic E-state index is -0.839. The number of ether oxygens (including phenoxy) is 1. The Labute approximate surface area is 137 Å². The second kappa shape index (κ2) is 8.12. The van der Waals surface area contributed by atoms with E-state index in [4.69, 9.17) is 4.74 Å². The topological polar surface area (TPSA) is 32.4 Å². The number of likely N-dealkylation sites (tertiary alicyclic amines) is 1. The molecule has 22 heavy (non-hydrogen) atoms. The van der Waals surface area contributed by atoms with Crippen LogP contribution in [-0.4, -0.2) is 42.3 Å². The zero-order valence-electron chi connectivity index (χ0n) is 15.0. The van der Waals surface area contributed by atoms with Gasteiger partial charge in [-0.2, -0.15) is 0 Å². The Morgan fingerprint density at radius 1 is 1.14 bits per heavy atom. The predicted molar refractivity (Wildman–Crippen MR) is 90.6 cm³/mol. The molecule has 0 amide bonds. The maximum absolute atomic E-state index is 12.0. The Hall–Kier alpha value is -0.120. The van der Waals surface area contributed by atoms with Crippen LogP contribution in [0.3, 0.4) is 0 Å². The van der Waals surface area contributed by atoms with Crippen molar-refractivity contribution in [2.45, 2.75) is 89.8 Å². The third kappa shape index (κ3) is 5.21. The average molecular weight is 311 g/mol. The van der Waals surface area contributed by atoms with E-state index in [-0.39, 0.29) is 5.60 Å². The van der Waals surface area contributed by atoms with Crippen molar-refractivity contribution in [3.63, 3.8) is 0 Å². The van der Waals surface area contributed by atoms with Crippen LogP contribution in [0.1, 0.15) is 78.6 Å². The van der Waals surface area contributed by atoms with Crippen molar-refractivity contribution >= 4 is 0 Å². The summed E-state index contributed by atoms with van der Waals surface area (Å²) >= 11 is 0. The van der Waals surface area contributed by atoms with Crippen molar-refractivity contribution in [3.8, 4) is 0 Å². The molecule has 0 aromatic carbocycles. The van der Waals surface area contributed by atoms with Crippen molar-refractivity contribution in [2.75, 3.05) is 26.2 Å². The quantitative estimate of drug-likeness (QED) is 0.652. The number of unbranched alkanes of at least 4 members (excludes halogenated alkanes) is 1. The highest BCUT2D eigenvalue weighted by molar-refractivity contribution is 4.95. The summed E-state index contributed by atoms with van der Waals surface area (Å²) in [6.45, 7) is 9.49. The normalized spacial score (nSPS) is 24.5. The highest BCUT2D eigenvalue weighted by Crippen LogP contribution is 2.42. The zero-order valence-corrected chi connectivity index (χ0v) is 15.0. The minimum absolute atomic E-state index is 0.110. The molecule has 0 spiro atoms. The Balaban J connectivity index is 1.94. The van der Waals surface area contributed by atoms with Crippen molar-refractivity contribution in [3.05, 3.63) is 0 Å². The van der Waals surface area contributed by atoms with Gasteiger partial charge in [0.1, 0.15) is 5.60 Å². The Kier molecular flexibility index (Phi) is 6.73. The summed E-state index contributed by atoms with van der Waals surface area (Å²) in [6.07, 6.45) is 11.5. The van der Waals surface area contributed by atoms with Gasteiger partial charge in [-0.05, 0) is 51.9 Å². The molecule has 0 N–H and O–H groups in total. The van der Waals surface area contributed by atoms with Gasteiger partial charge in [0.2, 0.25) is 0 Å². The molecule has 1 aliphatic heterocycles. The molecule has 0 aromatic rings. The standard InChI is InChI=1S/C19H36NO2/c1-4-5-15-22-19(17-9-7-6-8-10-17)11-13-20(14-12-19)16-18(2,3)21/h17H,4-16H2,1-3H3. The molecule has 0 atom stereocenters. The van der Waals surface area contributed by atoms with Crippen LogP contribution in [-0.2, 0) is 9.84 Å². The van der Waals surface area contributed by atoms with E-state index in [0.29, 0.717) is 6.54 Å². The first-order valence-corrected chi connectivity index (χ1v) is 9.52. The maximum atomic E-state index is 12.0. The van der Waals surface area contributed by atoms with Gasteiger partial charge in [-0.25, -0.2) is 5.11 Å². The van der Waals surface area contributed by atoms with Crippen LogP contribution in [0.2, 0.25) is 0 Å². The fourth-order valence-corrected chi connectivity index (χ4v) is 4.35. The summed E-state index contributed by atoms with van der Waals surface area (Å²) in [6, 6.07) is 0. The maximum Gasteiger partial charge on any atom is 0.111 e. The summed E-state index contributed by atoms with van der Waals surface area (Å²) < 4.78 is 6.52. The number of rotatable bonds is 7. The van der Waals surface area contributed by atoms with E-state index in [9.17, 15) is 5.11 Å². The molecule has 2 aliphatic rings. The highest BCUT2D eigenvalue weighted by atomic mass is 16.5. The molecule has 2 rings (SSSR count). The SMILES string of the molecule is CCCCOC1(C2CCCCC2)CCN(CC(C)(C)[O])CC1. The van der Waals surface area contributed by atoms with E-state index in [0.717, 1.165) is 38.5 Å². The van der Waals surface area contributed by atoms with Crippen LogP contribution in [0.15, 0.2) is 0 Å². The van der Waals surface area contributed by atoms with Gasteiger partial charge in [0.05, 0.1) is 5.60 Å². The largest absolute Gasteiger partial charge is 0.375 e. The molecule has 1 saturated heterocycles. The van der Waals surface area contributed by atoms with Crippen LogP contribution in [0.4, 0.5) is 0 Å². The molecule has 1 radical (unpaired) electrons. The summed E-state index contributed by atoms with van der Waals surface area (Å²) in [5.41, 5.74) is -0.729. The van der Waals surface area contributed by atoms with Crippen molar-refractivity contribution in [1.82, 2.24) is 4.90 Å². The molecule has 0 bridgehead atoms. The molecule has 2 fully saturated rings. The van der Waals surface area contributed by atoms with Crippen molar-refractivity contribution in [1.29, 1.82) is 0 Å². The number of hydrogen-bond acceptors (Lipinski definition) is 2. The second-order valence-corrected chi connectivity index (χ2v) is 8.14. The molecule has 0 unspecified atom stereocenters. The molecular weight excluding hydrogens is 274 g/mol. The van der Waals surface area contributed by atoms with Gasteiger partial charge >= 0.3 is 0 Å². The second-order valence-electron chi connectivity index (χ2n) is 8.14. The molecule has 129 valence electrons. The summed E-state index contributed by atoms with van der Waals surface area (Å²) in [5.74, 6) is 0.750. The predicted octanol–water partition coefficient (Wildman–Crippen LogP) is 4.43. The number of hydrogen-bond donors (Lipinski definition) is 0. The first kappa shape index (κ1) is 18.2. The molecule has 1 heterocycles. The van der Waals surface area contributed by atoms with Crippen molar-refractivity contribution in [2.24, 2.45) is 5.92 Å². The van der Waals surface area contributed by atoms with E-state index >= 15 is 0 Å². The Morgan fingerprint density at radius 3 is 2.32 bits per heavy atom. The van der Waals surface area contributed by atoms with Gasteiger partial charge in [-0.15, -0.1) is 0 Å². The molecule has 1 aliphatic carbocycles. The lowest BCUT2D eigenvalue weighted by Gasteiger charge is -2.48. The summed E-state index contributed by atoms with van der Waals surface area (Å²) in [5, 5.41) is 12.0. The van der Waals surface area contributed by atoms with Gasteiger partial charge in [-0.3, -0.25) is 0 Å². The third-order valence-corrected chi connectivity index (χ3v) is 5.54. The fraction of sp³-hybridized carbons (Fsp3) is 1.00. The van der Waals surface area contributed by atoms with Crippen LogP contribution in [0.5, 0.6) is 0 Å². The smallest absolute Gasteiger partial charge is 0.111 e. The molecule has 3 heteroatoms. The van der Waals surface area contributed by atoms with Gasteiger partial charge in [0.25, 0.3) is 0 Å². The van der Waals surface area contributed by atoms with Gasteiger partial charge in [0.15, 0.2) is 0 Å². The van der Waals surface area contributed by atoms with E-state index < -0.39 is 5.60 Å². The van der Waals surface area contributed by atoms with Gasteiger partial charge in [-0.1, -0.05) is 32.6 Å². The fourth-order valence-electron chi connectivity index (χ4n) is 4.35. The lowest BCUT2D eigenvalue weighted by atomic mass is 9.72. The van der Waals surface area contributed by atoms with Crippen LogP contribution >= 0.6 is 0 Å². The first-order chi connectivity index (χ1) is 10.5. The van der Waals surface area contributed by atoms with Crippen LogP contribution in [0, 0.1) is 5.92 Å². The molecule has 0 aromatic heterocycles. The Morgan fingerprint density at radius 2 is 1.77 bits per heavy atom. The minimum Gasteiger partial charge on any atom is -0.375 e. The van der Waals surface area contributed by atoms with Crippen molar-refractivity contribution < 1.29 is 9.84 Å². The lowest BCUT2D eigenvalue weighted by molar-refractivity contribution is -0.136. The number of nitrogens with zero attached hydrogens (tertiary/aromatic N) is 1. The third-order valence-electron chi connectivity index (χ3n) is 5.54. The van der Waals surface area contributed by atoms with Crippen LogP contribution in [0.25, 0.3) is 0 Å². The highest BCUT2D eigenvalue weighted by Gasteiger charge is 2.43. The zero-order chi connectivity index (χ0) is 16.1. The molecular formula is C19H36NO2. The van der Waals surface area contributed by atoms with E-state index in [1.807, 2.05) is 0 Å². The van der Waals surface area contributed by atoms with E-state index in [2.05, 4.69) is 11.8 Å². The average Bonchev–Trinajstić information content (AvgIpc) is 2.49.